The molecule has 2 amide bonds. The molecular formula is C31H31ClN4O2. The molecule has 0 spiro atoms. The van der Waals surface area contributed by atoms with E-state index in [1.165, 1.54) is 0 Å². The molecule has 194 valence electrons. The second-order valence-electron chi connectivity index (χ2n) is 9.89. The molecule has 7 heteroatoms. The largest absolute Gasteiger partial charge is 0.337 e. The topological polar surface area (TPSA) is 67.2 Å². The van der Waals surface area contributed by atoms with Crippen molar-refractivity contribution in [1.29, 1.82) is 0 Å². The number of imidazole rings is 1. The molecule has 0 radical (unpaired) electrons. The van der Waals surface area contributed by atoms with Crippen LogP contribution in [0.4, 0.5) is 11.4 Å². The first kappa shape index (κ1) is 25.7. The fourth-order valence-electron chi connectivity index (χ4n) is 5.26. The molecule has 1 aromatic heterocycles. The van der Waals surface area contributed by atoms with Crippen LogP contribution >= 0.6 is 11.6 Å². The molecule has 6 nitrogen and oxygen atoms in total. The van der Waals surface area contributed by atoms with Crippen molar-refractivity contribution in [2.75, 3.05) is 16.8 Å². The molecule has 1 aliphatic heterocycles. The minimum absolute atomic E-state index is 0.0434. The van der Waals surface area contributed by atoms with Gasteiger partial charge in [-0.2, -0.15) is 0 Å². The van der Waals surface area contributed by atoms with Crippen molar-refractivity contribution in [3.63, 3.8) is 0 Å². The number of hydrogen-bond donors (Lipinski definition) is 1. The van der Waals surface area contributed by atoms with Crippen LogP contribution in [-0.2, 0) is 6.54 Å². The van der Waals surface area contributed by atoms with Gasteiger partial charge >= 0.3 is 0 Å². The third-order valence-electron chi connectivity index (χ3n) is 7.30. The molecule has 1 N–H and O–H groups in total. The van der Waals surface area contributed by atoms with Gasteiger partial charge in [-0.05, 0) is 98.2 Å². The van der Waals surface area contributed by atoms with Crippen LogP contribution in [0.5, 0.6) is 0 Å². The van der Waals surface area contributed by atoms with E-state index >= 15 is 0 Å². The van der Waals surface area contributed by atoms with Gasteiger partial charge in [0.05, 0.1) is 6.33 Å². The van der Waals surface area contributed by atoms with E-state index in [0.29, 0.717) is 34.3 Å². The van der Waals surface area contributed by atoms with E-state index in [1.54, 1.807) is 18.3 Å². The van der Waals surface area contributed by atoms with Crippen LogP contribution in [0.3, 0.4) is 0 Å². The predicted molar refractivity (Wildman–Crippen MR) is 152 cm³/mol. The van der Waals surface area contributed by atoms with Gasteiger partial charge in [-0.1, -0.05) is 29.8 Å². The van der Waals surface area contributed by atoms with E-state index in [-0.39, 0.29) is 11.8 Å². The molecule has 2 heterocycles. The molecule has 0 fully saturated rings. The van der Waals surface area contributed by atoms with E-state index in [4.69, 9.17) is 11.6 Å². The SMILES string of the molecule is Cc1ccccc1C(=O)Nc1ccc(C(=O)N2CCCC(CCn3ccnc3)c3cc(Cl)ccc32)c(C)c1. The average molecular weight is 527 g/mol. The normalized spacial score (nSPS) is 15.0. The Morgan fingerprint density at radius 2 is 1.87 bits per heavy atom. The maximum Gasteiger partial charge on any atom is 0.258 e. The third-order valence-corrected chi connectivity index (χ3v) is 7.53. The minimum Gasteiger partial charge on any atom is -0.337 e. The Kier molecular flexibility index (Phi) is 7.61. The molecule has 38 heavy (non-hydrogen) atoms. The molecule has 4 aromatic rings. The third kappa shape index (κ3) is 5.50. The number of anilines is 2. The highest BCUT2D eigenvalue weighted by Crippen LogP contribution is 2.39. The summed E-state index contributed by atoms with van der Waals surface area (Å²) >= 11 is 6.42. The summed E-state index contributed by atoms with van der Waals surface area (Å²) in [6, 6.07) is 18.8. The van der Waals surface area contributed by atoms with E-state index in [2.05, 4.69) is 14.9 Å². The summed E-state index contributed by atoms with van der Waals surface area (Å²) in [5, 5.41) is 3.64. The first-order chi connectivity index (χ1) is 18.4. The van der Waals surface area contributed by atoms with Crippen molar-refractivity contribution in [1.82, 2.24) is 9.55 Å². The van der Waals surface area contributed by atoms with E-state index < -0.39 is 0 Å². The average Bonchev–Trinajstić information content (AvgIpc) is 3.36. The summed E-state index contributed by atoms with van der Waals surface area (Å²) in [5.74, 6) is 0.0868. The van der Waals surface area contributed by atoms with E-state index in [0.717, 1.165) is 48.2 Å². The molecule has 1 atom stereocenters. The number of fused-ring (bicyclic) bond motifs is 1. The summed E-state index contributed by atoms with van der Waals surface area (Å²) in [5.41, 5.74) is 5.68. The lowest BCUT2D eigenvalue weighted by Gasteiger charge is -2.25. The number of carbonyl (C=O) groups excluding carboxylic acids is 2. The van der Waals surface area contributed by atoms with Gasteiger partial charge in [-0.25, -0.2) is 4.98 Å². The summed E-state index contributed by atoms with van der Waals surface area (Å²) in [7, 11) is 0. The van der Waals surface area contributed by atoms with Gasteiger partial charge in [-0.3, -0.25) is 9.59 Å². The maximum atomic E-state index is 13.9. The van der Waals surface area contributed by atoms with Crippen molar-refractivity contribution >= 4 is 34.8 Å². The minimum atomic E-state index is -0.165. The lowest BCUT2D eigenvalue weighted by molar-refractivity contribution is 0.0985. The number of nitrogens with one attached hydrogen (secondary N) is 1. The van der Waals surface area contributed by atoms with Gasteiger partial charge < -0.3 is 14.8 Å². The van der Waals surface area contributed by atoms with Crippen LogP contribution in [0.25, 0.3) is 0 Å². The Morgan fingerprint density at radius 3 is 2.63 bits per heavy atom. The van der Waals surface area contributed by atoms with Crippen molar-refractivity contribution in [3.8, 4) is 0 Å². The molecule has 3 aromatic carbocycles. The molecular weight excluding hydrogens is 496 g/mol. The zero-order chi connectivity index (χ0) is 26.6. The van der Waals surface area contributed by atoms with Crippen molar-refractivity contribution in [2.24, 2.45) is 0 Å². The van der Waals surface area contributed by atoms with Crippen molar-refractivity contribution < 1.29 is 9.59 Å². The number of carbonyl (C=O) groups is 2. The lowest BCUT2D eigenvalue weighted by Crippen LogP contribution is -2.32. The van der Waals surface area contributed by atoms with Crippen molar-refractivity contribution in [3.05, 3.63) is 112 Å². The summed E-state index contributed by atoms with van der Waals surface area (Å²) < 4.78 is 2.08. The molecule has 1 aliphatic rings. The van der Waals surface area contributed by atoms with Crippen LogP contribution in [0.15, 0.2) is 79.4 Å². The number of nitrogens with zero attached hydrogens (tertiary/aromatic N) is 3. The van der Waals surface area contributed by atoms with E-state index in [9.17, 15) is 9.59 Å². The number of halogens is 1. The Hall–Kier alpha value is -3.90. The van der Waals surface area contributed by atoms with Crippen molar-refractivity contribution in [2.45, 2.75) is 45.6 Å². The van der Waals surface area contributed by atoms with Crippen LogP contribution in [0, 0.1) is 13.8 Å². The Morgan fingerprint density at radius 1 is 1.03 bits per heavy atom. The zero-order valence-electron chi connectivity index (χ0n) is 21.7. The number of aryl methyl sites for hydroxylation is 3. The number of benzene rings is 3. The standard InChI is InChI=1S/C31H31ClN4O2/c1-21-6-3-4-8-26(21)30(37)34-25-10-11-27(22(2)18-25)31(38)36-15-5-7-23(13-16-35-17-14-33-20-35)28-19-24(32)9-12-29(28)36/h3-4,6,8-12,14,17-20,23H,5,7,13,15-16H2,1-2H3,(H,34,37). The highest BCUT2D eigenvalue weighted by Gasteiger charge is 2.28. The van der Waals surface area contributed by atoms with Gasteiger partial charge in [0.2, 0.25) is 0 Å². The van der Waals surface area contributed by atoms with Crippen LogP contribution < -0.4 is 10.2 Å². The molecule has 0 saturated heterocycles. The number of rotatable bonds is 6. The molecule has 5 rings (SSSR count). The van der Waals surface area contributed by atoms with Gasteiger partial charge in [0.15, 0.2) is 0 Å². The smallest absolute Gasteiger partial charge is 0.258 e. The Labute approximate surface area is 228 Å². The molecule has 1 unspecified atom stereocenters. The second-order valence-corrected chi connectivity index (χ2v) is 10.3. The monoisotopic (exact) mass is 526 g/mol. The van der Waals surface area contributed by atoms with Gasteiger partial charge in [0, 0.05) is 53.0 Å². The summed E-state index contributed by atoms with van der Waals surface area (Å²) in [6.07, 6.45) is 8.42. The van der Waals surface area contributed by atoms with Crippen LogP contribution in [-0.4, -0.2) is 27.9 Å². The van der Waals surface area contributed by atoms with Crippen LogP contribution in [0.1, 0.15) is 62.6 Å². The zero-order valence-corrected chi connectivity index (χ0v) is 22.4. The Bertz CT molecular complexity index is 1460. The predicted octanol–water partition coefficient (Wildman–Crippen LogP) is 7.02. The fraction of sp³-hybridized carbons (Fsp3) is 0.258. The molecule has 0 bridgehead atoms. The number of hydrogen-bond acceptors (Lipinski definition) is 3. The number of amides is 2. The lowest BCUT2D eigenvalue weighted by atomic mass is 9.91. The van der Waals surface area contributed by atoms with Gasteiger partial charge in [-0.15, -0.1) is 0 Å². The highest BCUT2D eigenvalue weighted by molar-refractivity contribution is 6.30. The molecule has 0 aliphatic carbocycles. The quantitative estimate of drug-likeness (QED) is 0.293. The summed E-state index contributed by atoms with van der Waals surface area (Å²) in [6.45, 7) is 5.32. The summed E-state index contributed by atoms with van der Waals surface area (Å²) in [4.78, 5) is 32.7. The molecule has 0 saturated carbocycles. The van der Waals surface area contributed by atoms with Gasteiger partial charge in [0.25, 0.3) is 11.8 Å². The number of aromatic nitrogens is 2. The van der Waals surface area contributed by atoms with Gasteiger partial charge in [0.1, 0.15) is 0 Å². The first-order valence-corrected chi connectivity index (χ1v) is 13.3. The van der Waals surface area contributed by atoms with E-state index in [1.807, 2.05) is 79.8 Å². The fourth-order valence-corrected chi connectivity index (χ4v) is 5.44. The maximum absolute atomic E-state index is 13.9. The van der Waals surface area contributed by atoms with Crippen LogP contribution in [0.2, 0.25) is 5.02 Å². The Balaban J connectivity index is 1.37. The first-order valence-electron chi connectivity index (χ1n) is 13.0. The second kappa shape index (κ2) is 11.2. The highest BCUT2D eigenvalue weighted by atomic mass is 35.5.